The van der Waals surface area contributed by atoms with Gasteiger partial charge < -0.3 is 20.0 Å². The zero-order valence-electron chi connectivity index (χ0n) is 20.7. The first-order chi connectivity index (χ1) is 17.0. The number of unbranched alkanes of at least 4 members (excludes halogenated alkanes) is 1. The molecule has 3 N–H and O–H groups in total. The van der Waals surface area contributed by atoms with Gasteiger partial charge in [0.1, 0.15) is 11.5 Å². The van der Waals surface area contributed by atoms with Crippen molar-refractivity contribution in [1.82, 2.24) is 9.97 Å². The number of amides is 1. The minimum atomic E-state index is -0.0376. The number of hydrogen-bond donors (Lipinski definition) is 3. The van der Waals surface area contributed by atoms with Gasteiger partial charge in [-0.2, -0.15) is 0 Å². The van der Waals surface area contributed by atoms with E-state index in [2.05, 4.69) is 15.3 Å². The number of carbonyl (C=O) groups is 2. The number of nitrogens with zero attached hydrogens (tertiary/aromatic N) is 1. The lowest BCUT2D eigenvalue weighted by Gasteiger charge is -2.05. The summed E-state index contributed by atoms with van der Waals surface area (Å²) < 4.78 is 5.52. The monoisotopic (exact) mass is 506 g/mol. The lowest BCUT2D eigenvalue weighted by atomic mass is 10.0. The van der Waals surface area contributed by atoms with Gasteiger partial charge in [0.25, 0.3) is 0 Å². The number of anilines is 1. The lowest BCUT2D eigenvalue weighted by Crippen LogP contribution is -2.11. The van der Waals surface area contributed by atoms with Gasteiger partial charge in [0, 0.05) is 47.8 Å². The van der Waals surface area contributed by atoms with Crippen molar-refractivity contribution in [3.63, 3.8) is 0 Å². The smallest absolute Gasteiger partial charge is 0.224 e. The first-order valence-corrected chi connectivity index (χ1v) is 11.7. The van der Waals surface area contributed by atoms with Crippen LogP contribution in [0.3, 0.4) is 0 Å². The Hall–Kier alpha value is -3.84. The van der Waals surface area contributed by atoms with Gasteiger partial charge in [0.05, 0.1) is 18.5 Å². The van der Waals surface area contributed by atoms with Crippen LogP contribution in [0.4, 0.5) is 5.69 Å². The number of aliphatic imine (C=N–C) groups is 1. The van der Waals surface area contributed by atoms with Crippen LogP contribution in [0.5, 0.6) is 0 Å². The summed E-state index contributed by atoms with van der Waals surface area (Å²) >= 11 is 0. The number of Topliss-reactive ketones (excluding diaryl/α,β-unsaturated/α-hetero) is 1. The van der Waals surface area contributed by atoms with Crippen LogP contribution in [-0.4, -0.2) is 34.5 Å². The molecule has 0 atom stereocenters. The number of aryl methyl sites for hydroxylation is 1. The molecule has 36 heavy (non-hydrogen) atoms. The summed E-state index contributed by atoms with van der Waals surface area (Å²) in [7, 11) is 1.62. The van der Waals surface area contributed by atoms with Crippen molar-refractivity contribution >= 4 is 41.6 Å². The normalized spacial score (nSPS) is 13.7. The predicted molar refractivity (Wildman–Crippen MR) is 146 cm³/mol. The Bertz CT molecular complexity index is 1300. The molecule has 4 rings (SSSR count). The molecule has 3 heterocycles. The number of aromatic amines is 2. The molecule has 0 radical (unpaired) electrons. The van der Waals surface area contributed by atoms with Gasteiger partial charge in [-0.1, -0.05) is 18.2 Å². The zero-order chi connectivity index (χ0) is 24.8. The van der Waals surface area contributed by atoms with E-state index in [-0.39, 0.29) is 24.1 Å². The fraction of sp³-hybridized carbons (Fsp3) is 0.250. The molecule has 0 saturated carbocycles. The summed E-state index contributed by atoms with van der Waals surface area (Å²) in [6, 6.07) is 13.3. The van der Waals surface area contributed by atoms with Crippen LogP contribution in [0.25, 0.3) is 6.08 Å². The molecular formula is C28H31ClN4O3. The van der Waals surface area contributed by atoms with Crippen LogP contribution in [0.1, 0.15) is 58.7 Å². The van der Waals surface area contributed by atoms with Crippen molar-refractivity contribution in [3.8, 4) is 0 Å². The maximum absolute atomic E-state index is 13.0. The van der Waals surface area contributed by atoms with Crippen molar-refractivity contribution in [1.29, 1.82) is 0 Å². The SMILES string of the molecule is COC1=CC(c2ccc[nH]2)=N/C1=C\c1[nH]c(C)c(C(=O)CCCCC(=O)Nc2ccccc2)c1C.Cl. The maximum Gasteiger partial charge on any atom is 0.224 e. The van der Waals surface area contributed by atoms with E-state index in [4.69, 9.17) is 9.73 Å². The summed E-state index contributed by atoms with van der Waals surface area (Å²) in [5, 5.41) is 2.88. The van der Waals surface area contributed by atoms with E-state index in [0.29, 0.717) is 42.7 Å². The first kappa shape index (κ1) is 26.8. The third kappa shape index (κ3) is 6.23. The van der Waals surface area contributed by atoms with Gasteiger partial charge in [-0.25, -0.2) is 4.99 Å². The average Bonchev–Trinajstić information content (AvgIpc) is 3.57. The van der Waals surface area contributed by atoms with Crippen LogP contribution in [-0.2, 0) is 9.53 Å². The Labute approximate surface area is 217 Å². The van der Waals surface area contributed by atoms with Crippen LogP contribution < -0.4 is 5.32 Å². The van der Waals surface area contributed by atoms with Gasteiger partial charge in [-0.15, -0.1) is 12.4 Å². The molecule has 0 unspecified atom stereocenters. The molecule has 0 saturated heterocycles. The highest BCUT2D eigenvalue weighted by atomic mass is 35.5. The van der Waals surface area contributed by atoms with E-state index in [0.717, 1.165) is 34.0 Å². The molecular weight excluding hydrogens is 476 g/mol. The third-order valence-corrected chi connectivity index (χ3v) is 6.01. The number of halogens is 1. The number of carbonyl (C=O) groups excluding carboxylic acids is 2. The quantitative estimate of drug-likeness (QED) is 0.227. The van der Waals surface area contributed by atoms with E-state index >= 15 is 0 Å². The van der Waals surface area contributed by atoms with E-state index in [1.165, 1.54) is 0 Å². The molecule has 1 amide bonds. The van der Waals surface area contributed by atoms with Crippen molar-refractivity contribution in [2.24, 2.45) is 4.99 Å². The molecule has 7 nitrogen and oxygen atoms in total. The minimum absolute atomic E-state index is 0. The second-order valence-electron chi connectivity index (χ2n) is 8.53. The Kier molecular flexibility index (Phi) is 9.08. The highest BCUT2D eigenvalue weighted by molar-refractivity contribution is 6.11. The van der Waals surface area contributed by atoms with Crippen LogP contribution >= 0.6 is 12.4 Å². The Morgan fingerprint density at radius 2 is 1.81 bits per heavy atom. The average molecular weight is 507 g/mol. The largest absolute Gasteiger partial charge is 0.494 e. The van der Waals surface area contributed by atoms with Gasteiger partial charge in [0.15, 0.2) is 5.78 Å². The second-order valence-corrected chi connectivity index (χ2v) is 8.53. The van der Waals surface area contributed by atoms with Crippen molar-refractivity contribution in [3.05, 3.63) is 94.4 Å². The van der Waals surface area contributed by atoms with E-state index in [9.17, 15) is 9.59 Å². The summed E-state index contributed by atoms with van der Waals surface area (Å²) in [5.74, 6) is 0.709. The molecule has 2 aromatic heterocycles. The van der Waals surface area contributed by atoms with Gasteiger partial charge in [-0.3, -0.25) is 9.59 Å². The molecule has 188 valence electrons. The fourth-order valence-electron chi connectivity index (χ4n) is 4.22. The molecule has 0 aliphatic carbocycles. The van der Waals surface area contributed by atoms with Crippen molar-refractivity contribution in [2.75, 3.05) is 12.4 Å². The van der Waals surface area contributed by atoms with Gasteiger partial charge in [0.2, 0.25) is 5.91 Å². The fourth-order valence-corrected chi connectivity index (χ4v) is 4.22. The lowest BCUT2D eigenvalue weighted by molar-refractivity contribution is -0.116. The van der Waals surface area contributed by atoms with Crippen LogP contribution in [0.2, 0.25) is 0 Å². The van der Waals surface area contributed by atoms with Crippen LogP contribution in [0, 0.1) is 13.8 Å². The summed E-state index contributed by atoms with van der Waals surface area (Å²) in [4.78, 5) is 36.3. The highest BCUT2D eigenvalue weighted by Gasteiger charge is 2.21. The van der Waals surface area contributed by atoms with E-state index in [1.54, 1.807) is 7.11 Å². The number of methoxy groups -OCH3 is 1. The summed E-state index contributed by atoms with van der Waals surface area (Å²) in [5.41, 5.74) is 6.46. The number of benzene rings is 1. The highest BCUT2D eigenvalue weighted by Crippen LogP contribution is 2.28. The third-order valence-electron chi connectivity index (χ3n) is 6.01. The molecule has 8 heteroatoms. The Morgan fingerprint density at radius 1 is 1.06 bits per heavy atom. The predicted octanol–water partition coefficient (Wildman–Crippen LogP) is 6.14. The number of ketones is 1. The second kappa shape index (κ2) is 12.2. The van der Waals surface area contributed by atoms with E-state index in [1.807, 2.05) is 74.7 Å². The number of ether oxygens (including phenoxy) is 1. The van der Waals surface area contributed by atoms with Gasteiger partial charge in [-0.05, 0) is 62.6 Å². The summed E-state index contributed by atoms with van der Waals surface area (Å²) in [6.07, 6.45) is 7.75. The number of aromatic nitrogens is 2. The standard InChI is InChI=1S/C28H30N4O3.ClH/c1-18-22(16-24-26(35-3)17-23(32-24)21-12-9-15-29-21)30-19(2)28(18)25(33)13-7-8-14-27(34)31-20-10-5-4-6-11-20;/h4-6,9-12,15-17,29-30H,7-8,13-14H2,1-3H3,(H,31,34);1H/b24-16-;. The topological polar surface area (TPSA) is 99.3 Å². The molecule has 1 aliphatic heterocycles. The first-order valence-electron chi connectivity index (χ1n) is 11.7. The zero-order valence-corrected chi connectivity index (χ0v) is 21.5. The minimum Gasteiger partial charge on any atom is -0.494 e. The Balaban J connectivity index is 0.00000361. The molecule has 3 aromatic rings. The maximum atomic E-state index is 13.0. The van der Waals surface area contributed by atoms with Gasteiger partial charge >= 0.3 is 0 Å². The summed E-state index contributed by atoms with van der Waals surface area (Å²) in [6.45, 7) is 3.85. The number of H-pyrrole nitrogens is 2. The number of rotatable bonds is 10. The molecule has 0 bridgehead atoms. The number of hydrogen-bond acceptors (Lipinski definition) is 4. The van der Waals surface area contributed by atoms with Crippen molar-refractivity contribution < 1.29 is 14.3 Å². The molecule has 1 aromatic carbocycles. The van der Waals surface area contributed by atoms with Crippen LogP contribution in [0.15, 0.2) is 71.2 Å². The molecule has 0 fully saturated rings. The van der Waals surface area contributed by atoms with Crippen molar-refractivity contribution in [2.45, 2.75) is 39.5 Å². The number of allylic oxidation sites excluding steroid dienone is 1. The molecule has 0 spiro atoms. The Morgan fingerprint density at radius 3 is 2.50 bits per heavy atom. The number of para-hydroxylation sites is 1. The van der Waals surface area contributed by atoms with E-state index < -0.39 is 0 Å². The molecule has 1 aliphatic rings. The number of nitrogens with one attached hydrogen (secondary N) is 3.